The predicted octanol–water partition coefficient (Wildman–Crippen LogP) is 1.27. The zero-order valence-electron chi connectivity index (χ0n) is 12.3. The van der Waals surface area contributed by atoms with Gasteiger partial charge in [-0.2, -0.15) is 5.21 Å². The molecule has 0 aliphatic rings. The molecular weight excluding hydrogens is 372 g/mol. The van der Waals surface area contributed by atoms with Crippen LogP contribution in [0.1, 0.15) is 16.4 Å². The summed E-state index contributed by atoms with van der Waals surface area (Å²) in [6.07, 6.45) is -0.427. The summed E-state index contributed by atoms with van der Waals surface area (Å²) in [6.45, 7) is 0. The Morgan fingerprint density at radius 1 is 1.12 bits per heavy atom. The number of H-pyrrole nitrogens is 1. The van der Waals surface area contributed by atoms with E-state index in [1.54, 1.807) is 0 Å². The first-order valence-corrected chi connectivity index (χ1v) is 8.64. The number of aromatic nitrogens is 4. The van der Waals surface area contributed by atoms with Crippen molar-refractivity contribution in [3.8, 4) is 0 Å². The van der Waals surface area contributed by atoms with Gasteiger partial charge in [-0.3, -0.25) is 9.59 Å². The van der Waals surface area contributed by atoms with Crippen LogP contribution in [0.5, 0.6) is 0 Å². The van der Waals surface area contributed by atoms with Gasteiger partial charge in [-0.25, -0.2) is 8.42 Å². The Bertz CT molecular complexity index is 1030. The summed E-state index contributed by atoms with van der Waals surface area (Å²) in [4.78, 5) is 23.6. The van der Waals surface area contributed by atoms with Crippen molar-refractivity contribution in [2.24, 2.45) is 0 Å². The van der Waals surface area contributed by atoms with Crippen LogP contribution in [0.25, 0.3) is 0 Å². The van der Waals surface area contributed by atoms with Crippen molar-refractivity contribution in [3.05, 3.63) is 53.0 Å². The number of nitrogens with one attached hydrogen (secondary N) is 1. The van der Waals surface area contributed by atoms with Gasteiger partial charge in [0.25, 0.3) is 5.78 Å². The van der Waals surface area contributed by atoms with Gasteiger partial charge in [0.15, 0.2) is 0 Å². The molecule has 0 amide bonds. The van der Waals surface area contributed by atoms with Gasteiger partial charge >= 0.3 is 0 Å². The Kier molecular flexibility index (Phi) is 4.47. The number of carbonyl (C=O) groups excluding carboxylic acids is 2. The Labute approximate surface area is 145 Å². The summed E-state index contributed by atoms with van der Waals surface area (Å²) < 4.78 is 30.1. The van der Waals surface area contributed by atoms with Crippen LogP contribution in [0.4, 0.5) is 0 Å². The monoisotopic (exact) mass is 380 g/mol. The first-order chi connectivity index (χ1) is 11.9. The molecule has 3 rings (SSSR count). The molecule has 1 N–H and O–H groups in total. The largest absolute Gasteiger partial charge is 0.449 e. The standard InChI is InChI=1S/C14H9ClN4O5S/c15-8-1-4-10(5-2-8)25(22,23)12-6-3-9(24-12)7-11(20)13(21)14-16-18-19-17-14/h1-6H,7H2,(H,16,17,18,19). The number of hydrogen-bond acceptors (Lipinski definition) is 8. The van der Waals surface area contributed by atoms with Crippen LogP contribution in [0.15, 0.2) is 50.8 Å². The van der Waals surface area contributed by atoms with Gasteiger partial charge in [-0.15, -0.1) is 10.2 Å². The smallest absolute Gasteiger partial charge is 0.269 e. The van der Waals surface area contributed by atoms with Crippen LogP contribution in [0.2, 0.25) is 5.02 Å². The molecule has 0 fully saturated rings. The molecule has 0 aliphatic carbocycles. The summed E-state index contributed by atoms with van der Waals surface area (Å²) >= 11 is 5.74. The van der Waals surface area contributed by atoms with E-state index in [-0.39, 0.29) is 21.6 Å². The molecule has 25 heavy (non-hydrogen) atoms. The molecule has 1 aromatic carbocycles. The molecule has 2 aromatic heterocycles. The van der Waals surface area contributed by atoms with E-state index in [1.807, 2.05) is 0 Å². The molecule has 0 bridgehead atoms. The molecule has 128 valence electrons. The van der Waals surface area contributed by atoms with Gasteiger partial charge < -0.3 is 4.42 Å². The van der Waals surface area contributed by atoms with Gasteiger partial charge in [0.05, 0.1) is 11.3 Å². The van der Waals surface area contributed by atoms with Gasteiger partial charge in [-0.05, 0) is 41.6 Å². The van der Waals surface area contributed by atoms with E-state index in [4.69, 9.17) is 16.0 Å². The topological polar surface area (TPSA) is 136 Å². The van der Waals surface area contributed by atoms with Gasteiger partial charge in [0.1, 0.15) is 5.76 Å². The van der Waals surface area contributed by atoms with Crippen molar-refractivity contribution < 1.29 is 22.4 Å². The third-order valence-electron chi connectivity index (χ3n) is 3.16. The molecule has 0 aliphatic heterocycles. The van der Waals surface area contributed by atoms with Crippen LogP contribution in [-0.4, -0.2) is 40.6 Å². The maximum atomic E-state index is 12.4. The minimum Gasteiger partial charge on any atom is -0.449 e. The number of furan rings is 1. The second kappa shape index (κ2) is 6.57. The highest BCUT2D eigenvalue weighted by Crippen LogP contribution is 2.24. The normalized spacial score (nSPS) is 11.4. The van der Waals surface area contributed by atoms with E-state index >= 15 is 0 Å². The highest BCUT2D eigenvalue weighted by atomic mass is 35.5. The third kappa shape index (κ3) is 3.49. The van der Waals surface area contributed by atoms with E-state index < -0.39 is 27.8 Å². The molecule has 0 radical (unpaired) electrons. The highest BCUT2D eigenvalue weighted by molar-refractivity contribution is 7.91. The van der Waals surface area contributed by atoms with E-state index in [2.05, 4.69) is 20.6 Å². The average Bonchev–Trinajstić information content (AvgIpc) is 3.26. The molecule has 11 heteroatoms. The number of nitrogens with zero attached hydrogens (tertiary/aromatic N) is 3. The maximum Gasteiger partial charge on any atom is 0.269 e. The predicted molar refractivity (Wildman–Crippen MR) is 82.8 cm³/mol. The lowest BCUT2D eigenvalue weighted by atomic mass is 10.1. The number of aromatic amines is 1. The van der Waals surface area contributed by atoms with Gasteiger partial charge in [0, 0.05) is 5.02 Å². The molecule has 0 spiro atoms. The van der Waals surface area contributed by atoms with Crippen LogP contribution in [-0.2, 0) is 21.1 Å². The lowest BCUT2D eigenvalue weighted by molar-refractivity contribution is -0.114. The molecule has 0 unspecified atom stereocenters. The number of hydrogen-bond donors (Lipinski definition) is 1. The van der Waals surface area contributed by atoms with E-state index in [0.29, 0.717) is 5.02 Å². The number of ketones is 2. The lowest BCUT2D eigenvalue weighted by Gasteiger charge is -2.01. The number of benzene rings is 1. The average molecular weight is 381 g/mol. The number of tetrazole rings is 1. The van der Waals surface area contributed by atoms with Crippen LogP contribution >= 0.6 is 11.6 Å². The summed E-state index contributed by atoms with van der Waals surface area (Å²) in [6, 6.07) is 8.07. The maximum absolute atomic E-state index is 12.4. The summed E-state index contributed by atoms with van der Waals surface area (Å²) in [5, 5.41) is 12.1. The zero-order valence-corrected chi connectivity index (χ0v) is 13.9. The molecule has 2 heterocycles. The molecule has 3 aromatic rings. The summed E-state index contributed by atoms with van der Waals surface area (Å²) in [5.74, 6) is -2.15. The van der Waals surface area contributed by atoms with Crippen molar-refractivity contribution in [2.75, 3.05) is 0 Å². The lowest BCUT2D eigenvalue weighted by Crippen LogP contribution is -2.18. The van der Waals surface area contributed by atoms with E-state index in [1.165, 1.54) is 36.4 Å². The summed E-state index contributed by atoms with van der Waals surface area (Å²) in [5.41, 5.74) is 0. The quantitative estimate of drug-likeness (QED) is 0.498. The minimum absolute atomic E-state index is 0.00741. The Hall–Kier alpha value is -2.85. The number of carbonyl (C=O) groups is 2. The second-order valence-electron chi connectivity index (χ2n) is 4.84. The number of rotatable bonds is 6. The number of halogens is 1. The minimum atomic E-state index is -3.90. The Morgan fingerprint density at radius 3 is 2.48 bits per heavy atom. The molecule has 0 saturated carbocycles. The van der Waals surface area contributed by atoms with Crippen molar-refractivity contribution in [2.45, 2.75) is 16.4 Å². The fourth-order valence-electron chi connectivity index (χ4n) is 1.95. The Balaban J connectivity index is 1.79. The second-order valence-corrected chi connectivity index (χ2v) is 7.16. The van der Waals surface area contributed by atoms with Crippen LogP contribution in [0.3, 0.4) is 0 Å². The van der Waals surface area contributed by atoms with Gasteiger partial charge in [0.2, 0.25) is 26.5 Å². The van der Waals surface area contributed by atoms with Crippen LogP contribution < -0.4 is 0 Å². The molecular formula is C14H9ClN4O5S. The molecule has 0 saturated heterocycles. The summed E-state index contributed by atoms with van der Waals surface area (Å²) in [7, 11) is -3.90. The molecule has 9 nitrogen and oxygen atoms in total. The fraction of sp³-hybridized carbons (Fsp3) is 0.0714. The van der Waals surface area contributed by atoms with Crippen molar-refractivity contribution in [1.82, 2.24) is 20.6 Å². The first-order valence-electron chi connectivity index (χ1n) is 6.78. The van der Waals surface area contributed by atoms with Gasteiger partial charge in [-0.1, -0.05) is 11.6 Å². The van der Waals surface area contributed by atoms with E-state index in [9.17, 15) is 18.0 Å². The molecule has 0 atom stereocenters. The van der Waals surface area contributed by atoms with Crippen molar-refractivity contribution in [3.63, 3.8) is 0 Å². The third-order valence-corrected chi connectivity index (χ3v) is 5.06. The van der Waals surface area contributed by atoms with Crippen molar-refractivity contribution >= 4 is 33.0 Å². The number of Topliss-reactive ketones (excluding diaryl/α,β-unsaturated/α-hetero) is 2. The highest BCUT2D eigenvalue weighted by Gasteiger charge is 2.25. The fourth-order valence-corrected chi connectivity index (χ4v) is 3.27. The first kappa shape index (κ1) is 17.0. The Morgan fingerprint density at radius 2 is 1.84 bits per heavy atom. The zero-order chi connectivity index (χ0) is 18.0. The van der Waals surface area contributed by atoms with E-state index in [0.717, 1.165) is 0 Å². The number of sulfone groups is 1. The van der Waals surface area contributed by atoms with Crippen LogP contribution in [0, 0.1) is 0 Å². The van der Waals surface area contributed by atoms with Crippen molar-refractivity contribution in [1.29, 1.82) is 0 Å². The SMILES string of the molecule is O=C(Cc1ccc(S(=O)(=O)c2ccc(Cl)cc2)o1)C(=O)c1nn[nH]n1.